The van der Waals surface area contributed by atoms with Gasteiger partial charge in [-0.15, -0.1) is 0 Å². The standard InChI is InChI=1S/C18H11F3N4O/c19-12-6-2-1-4-10(12)9-25-16-11(5-3-7-13(16)20)15(24-25)17-22-8-14(21)18(26)23-17/h1-8H,9H2,(H,22,23,26). The Morgan fingerprint density at radius 3 is 2.46 bits per heavy atom. The SMILES string of the molecule is Oc1nc(-c2nn(Cc3ccccc3F)c3c(F)cccc23)ncc1F. The number of rotatable bonds is 3. The second kappa shape index (κ2) is 6.14. The summed E-state index contributed by atoms with van der Waals surface area (Å²) >= 11 is 0. The molecule has 26 heavy (non-hydrogen) atoms. The maximum absolute atomic E-state index is 14.4. The van der Waals surface area contributed by atoms with Crippen molar-refractivity contribution < 1.29 is 18.3 Å². The maximum atomic E-state index is 14.4. The molecule has 1 N–H and O–H groups in total. The van der Waals surface area contributed by atoms with Gasteiger partial charge >= 0.3 is 0 Å². The van der Waals surface area contributed by atoms with Crippen LogP contribution in [0.2, 0.25) is 0 Å². The molecule has 0 atom stereocenters. The summed E-state index contributed by atoms with van der Waals surface area (Å²) in [5.41, 5.74) is 0.624. The highest BCUT2D eigenvalue weighted by Crippen LogP contribution is 2.29. The van der Waals surface area contributed by atoms with Crippen molar-refractivity contribution in [3.8, 4) is 17.4 Å². The molecule has 0 spiro atoms. The van der Waals surface area contributed by atoms with Gasteiger partial charge in [0, 0.05) is 10.9 Å². The fourth-order valence-electron chi connectivity index (χ4n) is 2.73. The van der Waals surface area contributed by atoms with Crippen LogP contribution in [0.25, 0.3) is 22.4 Å². The summed E-state index contributed by atoms with van der Waals surface area (Å²) in [7, 11) is 0. The zero-order chi connectivity index (χ0) is 18.3. The maximum Gasteiger partial charge on any atom is 0.251 e. The summed E-state index contributed by atoms with van der Waals surface area (Å²) in [6.07, 6.45) is 0.804. The van der Waals surface area contributed by atoms with Crippen LogP contribution in [0.3, 0.4) is 0 Å². The Labute approximate surface area is 145 Å². The van der Waals surface area contributed by atoms with E-state index in [9.17, 15) is 18.3 Å². The molecular weight excluding hydrogens is 345 g/mol. The number of aromatic hydroxyl groups is 1. The molecule has 0 aliphatic heterocycles. The molecule has 0 amide bonds. The van der Waals surface area contributed by atoms with Gasteiger partial charge in [-0.1, -0.05) is 30.3 Å². The average Bonchev–Trinajstić information content (AvgIpc) is 2.99. The number of halogens is 3. The Bertz CT molecular complexity index is 1130. The minimum absolute atomic E-state index is 0.0166. The summed E-state index contributed by atoms with van der Waals surface area (Å²) in [6, 6.07) is 10.4. The van der Waals surface area contributed by atoms with Crippen LogP contribution >= 0.6 is 0 Å². The molecule has 0 aliphatic carbocycles. The Morgan fingerprint density at radius 1 is 0.923 bits per heavy atom. The van der Waals surface area contributed by atoms with E-state index in [1.807, 2.05) is 0 Å². The Hall–Kier alpha value is -3.42. The lowest BCUT2D eigenvalue weighted by Gasteiger charge is -2.05. The van der Waals surface area contributed by atoms with E-state index in [2.05, 4.69) is 15.1 Å². The third-order valence-corrected chi connectivity index (χ3v) is 3.94. The van der Waals surface area contributed by atoms with Gasteiger partial charge in [-0.05, 0) is 12.1 Å². The molecular formula is C18H11F3N4O. The van der Waals surface area contributed by atoms with E-state index in [-0.39, 0.29) is 23.6 Å². The quantitative estimate of drug-likeness (QED) is 0.608. The molecule has 0 aliphatic rings. The summed E-state index contributed by atoms with van der Waals surface area (Å²) < 4.78 is 42.9. The molecule has 4 rings (SSSR count). The molecule has 0 bridgehead atoms. The van der Waals surface area contributed by atoms with Crippen LogP contribution in [0, 0.1) is 17.5 Å². The van der Waals surface area contributed by atoms with E-state index in [0.29, 0.717) is 10.9 Å². The molecule has 5 nitrogen and oxygen atoms in total. The van der Waals surface area contributed by atoms with Crippen LogP contribution in [0.15, 0.2) is 48.7 Å². The van der Waals surface area contributed by atoms with E-state index < -0.39 is 23.3 Å². The van der Waals surface area contributed by atoms with Crippen LogP contribution in [0.5, 0.6) is 5.88 Å². The largest absolute Gasteiger partial charge is 0.491 e. The van der Waals surface area contributed by atoms with Crippen molar-refractivity contribution in [3.05, 3.63) is 71.7 Å². The number of hydrogen-bond acceptors (Lipinski definition) is 4. The minimum Gasteiger partial charge on any atom is -0.491 e. The van der Waals surface area contributed by atoms with E-state index in [1.165, 1.54) is 22.9 Å². The molecule has 2 aromatic heterocycles. The Kier molecular flexibility index (Phi) is 3.80. The predicted octanol–water partition coefficient (Wildman–Crippen LogP) is 3.66. The smallest absolute Gasteiger partial charge is 0.251 e. The van der Waals surface area contributed by atoms with Gasteiger partial charge in [0.1, 0.15) is 22.8 Å². The molecule has 2 aromatic carbocycles. The van der Waals surface area contributed by atoms with Crippen molar-refractivity contribution >= 4 is 10.9 Å². The number of para-hydroxylation sites is 1. The van der Waals surface area contributed by atoms with Crippen molar-refractivity contribution in [2.24, 2.45) is 0 Å². The lowest BCUT2D eigenvalue weighted by molar-refractivity contribution is 0.409. The van der Waals surface area contributed by atoms with E-state index >= 15 is 0 Å². The third-order valence-electron chi connectivity index (χ3n) is 3.94. The van der Waals surface area contributed by atoms with Gasteiger partial charge in [0.05, 0.1) is 12.7 Å². The highest BCUT2D eigenvalue weighted by molar-refractivity contribution is 5.92. The van der Waals surface area contributed by atoms with E-state index in [0.717, 1.165) is 6.20 Å². The molecule has 0 fully saturated rings. The molecule has 4 aromatic rings. The number of benzene rings is 2. The molecule has 0 radical (unpaired) electrons. The first-order chi connectivity index (χ1) is 12.5. The topological polar surface area (TPSA) is 63.8 Å². The zero-order valence-corrected chi connectivity index (χ0v) is 13.2. The zero-order valence-electron chi connectivity index (χ0n) is 13.2. The normalized spacial score (nSPS) is 11.2. The van der Waals surface area contributed by atoms with Gasteiger partial charge < -0.3 is 5.11 Å². The highest BCUT2D eigenvalue weighted by Gasteiger charge is 2.19. The van der Waals surface area contributed by atoms with Crippen molar-refractivity contribution in [1.29, 1.82) is 0 Å². The van der Waals surface area contributed by atoms with E-state index in [4.69, 9.17) is 0 Å². The number of hydrogen-bond donors (Lipinski definition) is 1. The van der Waals surface area contributed by atoms with Crippen LogP contribution in [-0.2, 0) is 6.54 Å². The number of fused-ring (bicyclic) bond motifs is 1. The summed E-state index contributed by atoms with van der Waals surface area (Å²) in [5.74, 6) is -2.86. The van der Waals surface area contributed by atoms with Crippen LogP contribution in [0.4, 0.5) is 13.2 Å². The molecule has 0 saturated carbocycles. The fraction of sp³-hybridized carbons (Fsp3) is 0.0556. The van der Waals surface area contributed by atoms with Gasteiger partial charge in [0.25, 0.3) is 5.88 Å². The fourth-order valence-corrected chi connectivity index (χ4v) is 2.73. The van der Waals surface area contributed by atoms with Crippen molar-refractivity contribution in [1.82, 2.24) is 19.7 Å². The molecule has 0 unspecified atom stereocenters. The summed E-state index contributed by atoms with van der Waals surface area (Å²) in [6.45, 7) is -0.0166. The van der Waals surface area contributed by atoms with Crippen molar-refractivity contribution in [3.63, 3.8) is 0 Å². The van der Waals surface area contributed by atoms with Crippen molar-refractivity contribution in [2.45, 2.75) is 6.54 Å². The van der Waals surface area contributed by atoms with Gasteiger partial charge in [-0.3, -0.25) is 4.68 Å². The lowest BCUT2D eigenvalue weighted by atomic mass is 10.2. The monoisotopic (exact) mass is 356 g/mol. The first-order valence-corrected chi connectivity index (χ1v) is 7.65. The molecule has 0 saturated heterocycles. The molecule has 2 heterocycles. The second-order valence-electron chi connectivity index (χ2n) is 5.60. The van der Waals surface area contributed by atoms with Gasteiger partial charge in [-0.25, -0.2) is 13.8 Å². The number of aromatic nitrogens is 4. The average molecular weight is 356 g/mol. The summed E-state index contributed by atoms with van der Waals surface area (Å²) in [5, 5.41) is 14.1. The first-order valence-electron chi connectivity index (χ1n) is 7.65. The third kappa shape index (κ3) is 2.65. The van der Waals surface area contributed by atoms with Crippen LogP contribution in [0.1, 0.15) is 5.56 Å². The Morgan fingerprint density at radius 2 is 1.69 bits per heavy atom. The predicted molar refractivity (Wildman–Crippen MR) is 87.8 cm³/mol. The second-order valence-corrected chi connectivity index (χ2v) is 5.60. The first kappa shape index (κ1) is 16.1. The van der Waals surface area contributed by atoms with Crippen molar-refractivity contribution in [2.75, 3.05) is 0 Å². The van der Waals surface area contributed by atoms with Crippen LogP contribution < -0.4 is 0 Å². The van der Waals surface area contributed by atoms with Gasteiger partial charge in [-0.2, -0.15) is 14.5 Å². The Balaban J connectivity index is 1.91. The number of nitrogens with zero attached hydrogens (tertiary/aromatic N) is 4. The minimum atomic E-state index is -0.977. The van der Waals surface area contributed by atoms with Gasteiger partial charge in [0.2, 0.25) is 5.82 Å². The molecule has 130 valence electrons. The highest BCUT2D eigenvalue weighted by atomic mass is 19.1. The lowest BCUT2D eigenvalue weighted by Crippen LogP contribution is -2.05. The molecule has 8 heteroatoms. The summed E-state index contributed by atoms with van der Waals surface area (Å²) in [4.78, 5) is 7.47. The van der Waals surface area contributed by atoms with E-state index in [1.54, 1.807) is 24.3 Å². The van der Waals surface area contributed by atoms with Crippen LogP contribution in [-0.4, -0.2) is 24.9 Å². The van der Waals surface area contributed by atoms with Gasteiger partial charge in [0.15, 0.2) is 5.82 Å².